The van der Waals surface area contributed by atoms with Gasteiger partial charge in [0.25, 0.3) is 5.91 Å². The lowest BCUT2D eigenvalue weighted by molar-refractivity contribution is -0.150. The Morgan fingerprint density at radius 3 is 2.71 bits per heavy atom. The Balaban J connectivity index is 1.43. The molecule has 0 fully saturated rings. The van der Waals surface area contributed by atoms with Crippen molar-refractivity contribution in [1.29, 1.82) is 0 Å². The maximum absolute atomic E-state index is 12.1. The molecule has 0 aliphatic carbocycles. The van der Waals surface area contributed by atoms with Crippen LogP contribution in [0, 0.1) is 13.8 Å². The molecule has 0 aromatic heterocycles. The summed E-state index contributed by atoms with van der Waals surface area (Å²) >= 11 is 0. The van der Waals surface area contributed by atoms with E-state index < -0.39 is 11.9 Å². The molecule has 2 aromatic rings. The van der Waals surface area contributed by atoms with Crippen LogP contribution in [0.1, 0.15) is 29.7 Å². The number of rotatable bonds is 7. The molecule has 148 valence electrons. The van der Waals surface area contributed by atoms with Gasteiger partial charge in [0.2, 0.25) is 6.79 Å². The smallest absolute Gasteiger partial charge is 0.344 e. The molecule has 0 saturated carbocycles. The second kappa shape index (κ2) is 8.65. The average Bonchev–Trinajstić information content (AvgIpc) is 3.15. The van der Waals surface area contributed by atoms with Crippen molar-refractivity contribution in [2.75, 3.05) is 20.0 Å². The van der Waals surface area contributed by atoms with Gasteiger partial charge in [-0.3, -0.25) is 4.79 Å². The Labute approximate surface area is 163 Å². The number of carbonyl (C=O) groups is 2. The molecular formula is C21H23NO6. The summed E-state index contributed by atoms with van der Waals surface area (Å²) in [5.74, 6) is 0.948. The molecule has 0 unspecified atom stereocenters. The van der Waals surface area contributed by atoms with E-state index in [9.17, 15) is 9.59 Å². The Morgan fingerprint density at radius 2 is 1.89 bits per heavy atom. The summed E-state index contributed by atoms with van der Waals surface area (Å²) in [5, 5.41) is 2.78. The first-order valence-corrected chi connectivity index (χ1v) is 8.97. The third-order valence-corrected chi connectivity index (χ3v) is 4.54. The van der Waals surface area contributed by atoms with Crippen molar-refractivity contribution >= 4 is 11.9 Å². The number of aryl methyl sites for hydroxylation is 1. The highest BCUT2D eigenvalue weighted by atomic mass is 16.7. The zero-order valence-corrected chi connectivity index (χ0v) is 16.1. The predicted molar refractivity (Wildman–Crippen MR) is 101 cm³/mol. The van der Waals surface area contributed by atoms with E-state index >= 15 is 0 Å². The topological polar surface area (TPSA) is 83.1 Å². The Hall–Kier alpha value is -3.22. The number of hydrogen-bond acceptors (Lipinski definition) is 6. The van der Waals surface area contributed by atoms with Crippen molar-refractivity contribution in [3.8, 4) is 17.2 Å². The maximum atomic E-state index is 12.1. The molecule has 3 rings (SSSR count). The fourth-order valence-corrected chi connectivity index (χ4v) is 2.75. The molecular weight excluding hydrogens is 362 g/mol. The van der Waals surface area contributed by atoms with Gasteiger partial charge >= 0.3 is 5.97 Å². The van der Waals surface area contributed by atoms with Crippen LogP contribution >= 0.6 is 0 Å². The maximum Gasteiger partial charge on any atom is 0.344 e. The minimum atomic E-state index is -0.605. The van der Waals surface area contributed by atoms with E-state index in [1.54, 1.807) is 12.1 Å². The van der Waals surface area contributed by atoms with Gasteiger partial charge in [0.15, 0.2) is 24.7 Å². The Morgan fingerprint density at radius 1 is 1.11 bits per heavy atom. The standard InChI is InChI=1S/C21H23NO6/c1-13-5-4-6-17(14(13)2)25-11-21(24)26-10-20(23)22-15(3)16-7-8-18-19(9-16)28-12-27-18/h4-9,15H,10-12H2,1-3H3,(H,22,23)/t15-/m0/s1. The summed E-state index contributed by atoms with van der Waals surface area (Å²) in [6.45, 7) is 5.28. The molecule has 0 bridgehead atoms. The van der Waals surface area contributed by atoms with Gasteiger partial charge in [-0.2, -0.15) is 0 Å². The third kappa shape index (κ3) is 4.73. The van der Waals surface area contributed by atoms with E-state index in [1.165, 1.54) is 0 Å². The van der Waals surface area contributed by atoms with Crippen LogP contribution in [0.2, 0.25) is 0 Å². The minimum absolute atomic E-state index is 0.194. The minimum Gasteiger partial charge on any atom is -0.482 e. The van der Waals surface area contributed by atoms with Crippen molar-refractivity contribution in [1.82, 2.24) is 5.32 Å². The van der Waals surface area contributed by atoms with Crippen molar-refractivity contribution in [3.05, 3.63) is 53.1 Å². The lowest BCUT2D eigenvalue weighted by Crippen LogP contribution is -2.32. The van der Waals surface area contributed by atoms with Crippen LogP contribution in [0.15, 0.2) is 36.4 Å². The van der Waals surface area contributed by atoms with E-state index in [2.05, 4.69) is 5.32 Å². The highest BCUT2D eigenvalue weighted by Gasteiger charge is 2.17. The lowest BCUT2D eigenvalue weighted by atomic mass is 10.1. The number of esters is 1. The molecule has 0 saturated heterocycles. The first kappa shape index (κ1) is 19.5. The SMILES string of the molecule is Cc1cccc(OCC(=O)OCC(=O)N[C@@H](C)c2ccc3c(c2)OCO3)c1C. The van der Waals surface area contributed by atoms with Crippen LogP contribution in [-0.2, 0) is 14.3 Å². The van der Waals surface area contributed by atoms with Crippen LogP contribution in [0.4, 0.5) is 0 Å². The molecule has 1 atom stereocenters. The van der Waals surface area contributed by atoms with E-state index in [0.29, 0.717) is 17.2 Å². The van der Waals surface area contributed by atoms with Crippen molar-refractivity contribution in [2.24, 2.45) is 0 Å². The molecule has 1 heterocycles. The molecule has 2 aromatic carbocycles. The van der Waals surface area contributed by atoms with Crippen LogP contribution in [0.5, 0.6) is 17.2 Å². The van der Waals surface area contributed by atoms with Crippen molar-refractivity contribution in [2.45, 2.75) is 26.8 Å². The lowest BCUT2D eigenvalue weighted by Gasteiger charge is -2.15. The Kier molecular flexibility index (Phi) is 6.03. The molecule has 1 N–H and O–H groups in total. The highest BCUT2D eigenvalue weighted by molar-refractivity contribution is 5.81. The predicted octanol–water partition coefficient (Wildman–Crippen LogP) is 2.83. The quantitative estimate of drug-likeness (QED) is 0.738. The molecule has 7 nitrogen and oxygen atoms in total. The summed E-state index contributed by atoms with van der Waals surface area (Å²) in [7, 11) is 0. The van der Waals surface area contributed by atoms with Gasteiger partial charge in [-0.15, -0.1) is 0 Å². The first-order chi connectivity index (χ1) is 13.4. The number of ether oxygens (including phenoxy) is 4. The van der Waals surface area contributed by atoms with Crippen molar-refractivity contribution < 1.29 is 28.5 Å². The van der Waals surface area contributed by atoms with Crippen LogP contribution in [0.25, 0.3) is 0 Å². The molecule has 1 aliphatic rings. The van der Waals surface area contributed by atoms with Gasteiger partial charge in [0, 0.05) is 0 Å². The normalized spacial score (nSPS) is 13.0. The van der Waals surface area contributed by atoms with E-state index in [1.807, 2.05) is 45.0 Å². The van der Waals surface area contributed by atoms with Gasteiger partial charge in [-0.25, -0.2) is 4.79 Å². The van der Waals surface area contributed by atoms with Gasteiger partial charge in [0.05, 0.1) is 6.04 Å². The van der Waals surface area contributed by atoms with Crippen LogP contribution in [0.3, 0.4) is 0 Å². The first-order valence-electron chi connectivity index (χ1n) is 8.97. The highest BCUT2D eigenvalue weighted by Crippen LogP contribution is 2.34. The molecule has 0 radical (unpaired) electrons. The molecule has 7 heteroatoms. The van der Waals surface area contributed by atoms with E-state index in [0.717, 1.165) is 16.7 Å². The number of amides is 1. The summed E-state index contributed by atoms with van der Waals surface area (Å²) in [6.07, 6.45) is 0. The van der Waals surface area contributed by atoms with Crippen molar-refractivity contribution in [3.63, 3.8) is 0 Å². The summed E-state index contributed by atoms with van der Waals surface area (Å²) < 4.78 is 21.1. The monoisotopic (exact) mass is 385 g/mol. The molecule has 28 heavy (non-hydrogen) atoms. The van der Waals surface area contributed by atoms with Crippen LogP contribution < -0.4 is 19.5 Å². The number of benzene rings is 2. The van der Waals surface area contributed by atoms with E-state index in [-0.39, 0.29) is 26.0 Å². The van der Waals surface area contributed by atoms with Gasteiger partial charge in [-0.1, -0.05) is 18.2 Å². The van der Waals surface area contributed by atoms with Gasteiger partial charge in [0.1, 0.15) is 5.75 Å². The fraction of sp³-hybridized carbons (Fsp3) is 0.333. The van der Waals surface area contributed by atoms with Crippen LogP contribution in [-0.4, -0.2) is 31.9 Å². The van der Waals surface area contributed by atoms with E-state index in [4.69, 9.17) is 18.9 Å². The number of hydrogen-bond donors (Lipinski definition) is 1. The summed E-state index contributed by atoms with van der Waals surface area (Å²) in [6, 6.07) is 10.8. The number of carbonyl (C=O) groups excluding carboxylic acids is 2. The second-order valence-corrected chi connectivity index (χ2v) is 6.55. The number of fused-ring (bicyclic) bond motifs is 1. The largest absolute Gasteiger partial charge is 0.482 e. The third-order valence-electron chi connectivity index (χ3n) is 4.54. The zero-order valence-electron chi connectivity index (χ0n) is 16.1. The summed E-state index contributed by atoms with van der Waals surface area (Å²) in [5.41, 5.74) is 2.90. The summed E-state index contributed by atoms with van der Waals surface area (Å²) in [4.78, 5) is 23.9. The molecule has 1 amide bonds. The average molecular weight is 385 g/mol. The van der Waals surface area contributed by atoms with Gasteiger partial charge < -0.3 is 24.3 Å². The second-order valence-electron chi connectivity index (χ2n) is 6.55. The zero-order chi connectivity index (χ0) is 20.1. The Bertz CT molecular complexity index is 879. The fourth-order valence-electron chi connectivity index (χ4n) is 2.75. The molecule has 1 aliphatic heterocycles. The number of nitrogens with one attached hydrogen (secondary N) is 1. The van der Waals surface area contributed by atoms with Gasteiger partial charge in [-0.05, 0) is 55.7 Å². The molecule has 0 spiro atoms.